The Morgan fingerprint density at radius 3 is 2.45 bits per heavy atom. The third-order valence-electron chi connectivity index (χ3n) is 9.64. The van der Waals surface area contributed by atoms with Crippen molar-refractivity contribution in [3.63, 3.8) is 0 Å². The van der Waals surface area contributed by atoms with Crippen LogP contribution in [0.2, 0.25) is 0 Å². The van der Waals surface area contributed by atoms with E-state index in [1.54, 1.807) is 43.0 Å². The minimum Gasteiger partial charge on any atom is -0.363 e. The molecular weight excluding hydrogens is 618 g/mol. The number of hydrogen-bond acceptors (Lipinski definition) is 8. The highest BCUT2D eigenvalue weighted by molar-refractivity contribution is 7.93. The summed E-state index contributed by atoms with van der Waals surface area (Å²) in [4.78, 5) is 36.4. The van der Waals surface area contributed by atoms with Crippen LogP contribution in [0.15, 0.2) is 56.9 Å². The third-order valence-corrected chi connectivity index (χ3v) is 11.4. The molecule has 1 spiro atoms. The number of benzene rings is 2. The molecule has 0 radical (unpaired) electrons. The number of nitrogens with zero attached hydrogens (tertiary/aromatic N) is 5. The number of anilines is 1. The molecule has 1 aliphatic carbocycles. The van der Waals surface area contributed by atoms with E-state index in [0.29, 0.717) is 47.6 Å². The summed E-state index contributed by atoms with van der Waals surface area (Å²) in [5.41, 5.74) is 2.00. The maximum absolute atomic E-state index is 14.4. The first kappa shape index (κ1) is 32.9. The molecule has 2 aromatic carbocycles. The van der Waals surface area contributed by atoms with E-state index < -0.39 is 15.6 Å². The van der Waals surface area contributed by atoms with Gasteiger partial charge in [-0.3, -0.25) is 19.5 Å². The van der Waals surface area contributed by atoms with Gasteiger partial charge >= 0.3 is 0 Å². The molecule has 12 heteroatoms. The molecule has 11 nitrogen and oxygen atoms in total. The molecule has 3 heterocycles. The molecular formula is C35H43N5O6S. The van der Waals surface area contributed by atoms with E-state index in [2.05, 4.69) is 12.1 Å². The zero-order chi connectivity index (χ0) is 33.3. The van der Waals surface area contributed by atoms with Crippen molar-refractivity contribution in [2.24, 2.45) is 4.99 Å². The van der Waals surface area contributed by atoms with E-state index in [4.69, 9.17) is 14.3 Å². The summed E-state index contributed by atoms with van der Waals surface area (Å²) in [6.07, 6.45) is 7.11. The van der Waals surface area contributed by atoms with Gasteiger partial charge in [0.15, 0.2) is 5.82 Å². The number of hydrogen-bond donors (Lipinski definition) is 0. The predicted molar refractivity (Wildman–Crippen MR) is 179 cm³/mol. The zero-order valence-corrected chi connectivity index (χ0v) is 28.4. The van der Waals surface area contributed by atoms with E-state index in [1.165, 1.54) is 13.2 Å². The smallest absolute Gasteiger partial charge is 0.268 e. The fraction of sp³-hybridized carbons (Fsp3) is 0.486. The zero-order valence-electron chi connectivity index (χ0n) is 27.6. The van der Waals surface area contributed by atoms with Gasteiger partial charge < -0.3 is 14.2 Å². The molecule has 0 atom stereocenters. The average molecular weight is 662 g/mol. The summed E-state index contributed by atoms with van der Waals surface area (Å²) in [5.74, 6) is 1.35. The minimum atomic E-state index is -4.23. The van der Waals surface area contributed by atoms with Gasteiger partial charge in [0.1, 0.15) is 23.9 Å². The van der Waals surface area contributed by atoms with Crippen LogP contribution in [0, 0.1) is 13.8 Å². The number of sulfonamides is 1. The summed E-state index contributed by atoms with van der Waals surface area (Å²) in [6.45, 7) is 6.87. The fourth-order valence-corrected chi connectivity index (χ4v) is 8.29. The van der Waals surface area contributed by atoms with Gasteiger partial charge in [-0.05, 0) is 62.8 Å². The molecule has 0 bridgehead atoms. The fourth-order valence-electron chi connectivity index (χ4n) is 6.70. The summed E-state index contributed by atoms with van der Waals surface area (Å²) >= 11 is 0. The summed E-state index contributed by atoms with van der Waals surface area (Å²) in [5, 5.41) is 4.02. The SMILES string of the molecule is CCCCC1=NC2(CCCC2)C(=O)N1Cc1ccc(-c2ccccc2S(=O)(=O)N(COC)c2noc(C)c2C)c(C(=O)N2CCC2)c1. The Bertz CT molecular complexity index is 1810. The van der Waals surface area contributed by atoms with Crippen LogP contribution in [0.25, 0.3) is 11.1 Å². The van der Waals surface area contributed by atoms with Crippen LogP contribution in [-0.2, 0) is 26.1 Å². The second kappa shape index (κ2) is 13.2. The van der Waals surface area contributed by atoms with Crippen LogP contribution in [0.4, 0.5) is 5.82 Å². The van der Waals surface area contributed by atoms with Crippen LogP contribution < -0.4 is 4.31 Å². The lowest BCUT2D eigenvalue weighted by molar-refractivity contribution is -0.131. The number of carbonyl (C=O) groups is 2. The summed E-state index contributed by atoms with van der Waals surface area (Å²) in [7, 11) is -2.82. The normalized spacial score (nSPS) is 17.4. The lowest BCUT2D eigenvalue weighted by Crippen LogP contribution is -2.42. The van der Waals surface area contributed by atoms with Crippen LogP contribution in [0.3, 0.4) is 0 Å². The number of unbranched alkanes of at least 4 members (excludes halogenated alkanes) is 1. The van der Waals surface area contributed by atoms with Gasteiger partial charge in [0.25, 0.3) is 21.8 Å². The molecule has 2 fully saturated rings. The first-order valence-corrected chi connectivity index (χ1v) is 17.9. The lowest BCUT2D eigenvalue weighted by Gasteiger charge is -2.32. The van der Waals surface area contributed by atoms with Gasteiger partial charge in [0.05, 0.1) is 11.4 Å². The second-order valence-corrected chi connectivity index (χ2v) is 14.6. The maximum Gasteiger partial charge on any atom is 0.268 e. The van der Waals surface area contributed by atoms with Gasteiger partial charge in [-0.2, -0.15) is 0 Å². The van der Waals surface area contributed by atoms with Gasteiger partial charge in [-0.25, -0.2) is 12.7 Å². The number of carbonyl (C=O) groups excluding carboxylic acids is 2. The van der Waals surface area contributed by atoms with Crippen molar-refractivity contribution < 1.29 is 27.3 Å². The number of amides is 2. The van der Waals surface area contributed by atoms with E-state index >= 15 is 0 Å². The topological polar surface area (TPSA) is 126 Å². The first-order chi connectivity index (χ1) is 22.6. The molecule has 0 unspecified atom stereocenters. The lowest BCUT2D eigenvalue weighted by atomic mass is 9.95. The van der Waals surface area contributed by atoms with Crippen molar-refractivity contribution >= 4 is 33.5 Å². The van der Waals surface area contributed by atoms with Gasteiger partial charge in [0.2, 0.25) is 0 Å². The Kier molecular flexibility index (Phi) is 9.26. The molecule has 2 aliphatic heterocycles. The largest absolute Gasteiger partial charge is 0.363 e. The van der Waals surface area contributed by atoms with Crippen molar-refractivity contribution in [2.75, 3.05) is 31.2 Å². The number of likely N-dealkylation sites (tertiary alicyclic amines) is 1. The van der Waals surface area contributed by atoms with Crippen LogP contribution >= 0.6 is 0 Å². The average Bonchev–Trinajstić information content (AvgIpc) is 3.72. The van der Waals surface area contributed by atoms with Crippen LogP contribution in [0.5, 0.6) is 0 Å². The van der Waals surface area contributed by atoms with Crippen molar-refractivity contribution in [1.29, 1.82) is 0 Å². The van der Waals surface area contributed by atoms with E-state index in [1.807, 2.05) is 17.0 Å². The predicted octanol–water partition coefficient (Wildman–Crippen LogP) is 5.85. The number of amidine groups is 1. The monoisotopic (exact) mass is 661 g/mol. The third kappa shape index (κ3) is 5.97. The molecule has 3 aromatic rings. The molecule has 6 rings (SSSR count). The summed E-state index contributed by atoms with van der Waals surface area (Å²) in [6, 6.07) is 12.2. The Morgan fingerprint density at radius 2 is 1.81 bits per heavy atom. The van der Waals surface area contributed by atoms with Gasteiger partial charge in [-0.15, -0.1) is 0 Å². The highest BCUT2D eigenvalue weighted by atomic mass is 32.2. The molecule has 1 aromatic heterocycles. The number of ether oxygens (including phenoxy) is 1. The van der Waals surface area contributed by atoms with Crippen LogP contribution in [0.1, 0.15) is 85.5 Å². The number of aliphatic imine (C=N–C) groups is 1. The van der Waals surface area contributed by atoms with Gasteiger partial charge in [-0.1, -0.05) is 61.7 Å². The quantitative estimate of drug-likeness (QED) is 0.223. The van der Waals surface area contributed by atoms with Crippen molar-refractivity contribution in [3.8, 4) is 11.1 Å². The Hall–Kier alpha value is -4.03. The number of aryl methyl sites for hydroxylation is 1. The Labute approximate surface area is 276 Å². The molecule has 250 valence electrons. The minimum absolute atomic E-state index is 0.00870. The molecule has 2 amide bonds. The van der Waals surface area contributed by atoms with Gasteiger partial charge in [0, 0.05) is 43.3 Å². The number of methoxy groups -OCH3 is 1. The van der Waals surface area contributed by atoms with Crippen molar-refractivity contribution in [1.82, 2.24) is 15.0 Å². The Balaban J connectivity index is 1.41. The van der Waals surface area contributed by atoms with Crippen molar-refractivity contribution in [2.45, 2.75) is 89.1 Å². The molecule has 3 aliphatic rings. The van der Waals surface area contributed by atoms with E-state index in [9.17, 15) is 18.0 Å². The molecule has 0 N–H and O–H groups in total. The van der Waals surface area contributed by atoms with Crippen molar-refractivity contribution in [3.05, 3.63) is 64.9 Å². The van der Waals surface area contributed by atoms with E-state index in [0.717, 1.165) is 67.1 Å². The Morgan fingerprint density at radius 1 is 1.06 bits per heavy atom. The van der Waals surface area contributed by atoms with E-state index in [-0.39, 0.29) is 29.3 Å². The number of aromatic nitrogens is 1. The standard InChI is InChI=1S/C35H43N5O6S/c1-5-6-14-31-36-35(17-9-10-18-35)34(42)39(31)22-26-15-16-27(29(21-26)33(41)38-19-11-20-38)28-12-7-8-13-30(28)47(43,44)40(23-45-4)32-24(2)25(3)46-37-32/h7-8,12-13,15-16,21H,5-6,9-11,14,17-20,22-23H2,1-4H3. The highest BCUT2D eigenvalue weighted by Gasteiger charge is 2.49. The first-order valence-electron chi connectivity index (χ1n) is 16.5. The highest BCUT2D eigenvalue weighted by Crippen LogP contribution is 2.41. The molecule has 1 saturated carbocycles. The molecule has 47 heavy (non-hydrogen) atoms. The maximum atomic E-state index is 14.4. The summed E-state index contributed by atoms with van der Waals surface area (Å²) < 4.78 is 40.4. The molecule has 1 saturated heterocycles. The number of rotatable bonds is 12. The second-order valence-electron chi connectivity index (χ2n) is 12.7. The van der Waals surface area contributed by atoms with Crippen LogP contribution in [-0.4, -0.2) is 73.5 Å².